The third-order valence-corrected chi connectivity index (χ3v) is 3.89. The van der Waals surface area contributed by atoms with Crippen LogP contribution in [0.4, 0.5) is 0 Å². The quantitative estimate of drug-likeness (QED) is 0.892. The van der Waals surface area contributed by atoms with Gasteiger partial charge >= 0.3 is 0 Å². The summed E-state index contributed by atoms with van der Waals surface area (Å²) in [5, 5.41) is 3.68. The van der Waals surface area contributed by atoms with Crippen molar-refractivity contribution < 1.29 is 4.79 Å². The average Bonchev–Trinajstić information content (AvgIpc) is 2.82. The van der Waals surface area contributed by atoms with Gasteiger partial charge in [0.25, 0.3) is 0 Å². The number of hydrogen-bond donors (Lipinski definition) is 1. The van der Waals surface area contributed by atoms with Crippen LogP contribution < -0.4 is 5.32 Å². The molecule has 2 aromatic rings. The lowest BCUT2D eigenvalue weighted by molar-refractivity contribution is -0.120. The summed E-state index contributed by atoms with van der Waals surface area (Å²) < 4.78 is 0. The van der Waals surface area contributed by atoms with E-state index < -0.39 is 0 Å². The van der Waals surface area contributed by atoms with E-state index in [0.29, 0.717) is 6.54 Å². The molecule has 0 radical (unpaired) electrons. The fraction of sp³-hybridized carbons (Fsp3) is 0.188. The molecule has 3 heteroatoms. The Morgan fingerprint density at radius 2 is 1.63 bits per heavy atom. The molecule has 1 fully saturated rings. The van der Waals surface area contributed by atoms with E-state index in [1.54, 1.807) is 0 Å². The van der Waals surface area contributed by atoms with Gasteiger partial charge < -0.3 is 5.32 Å². The highest BCUT2D eigenvalue weighted by molar-refractivity contribution is 6.30. The first-order valence-corrected chi connectivity index (χ1v) is 6.71. The van der Waals surface area contributed by atoms with Crippen LogP contribution in [0.15, 0.2) is 54.6 Å². The number of nitrogens with one attached hydrogen (secondary N) is 1. The van der Waals surface area contributed by atoms with Gasteiger partial charge in [0.15, 0.2) is 0 Å². The fourth-order valence-corrected chi connectivity index (χ4v) is 2.81. The molecule has 96 valence electrons. The summed E-state index contributed by atoms with van der Waals surface area (Å²) in [7, 11) is 0. The van der Waals surface area contributed by atoms with Crippen molar-refractivity contribution in [3.05, 3.63) is 70.7 Å². The van der Waals surface area contributed by atoms with E-state index in [2.05, 4.69) is 5.32 Å². The first-order chi connectivity index (χ1) is 9.25. The summed E-state index contributed by atoms with van der Waals surface area (Å²) >= 11 is 5.92. The Hall–Kier alpha value is -1.80. The van der Waals surface area contributed by atoms with Crippen LogP contribution in [0.2, 0.25) is 5.02 Å². The van der Waals surface area contributed by atoms with Gasteiger partial charge in [0.05, 0.1) is 5.92 Å². The van der Waals surface area contributed by atoms with Crippen molar-refractivity contribution in [3.63, 3.8) is 0 Å². The molecule has 0 saturated carbocycles. The van der Waals surface area contributed by atoms with Gasteiger partial charge in [-0.15, -0.1) is 0 Å². The van der Waals surface area contributed by atoms with Crippen molar-refractivity contribution in [2.75, 3.05) is 6.54 Å². The zero-order chi connectivity index (χ0) is 13.2. The highest BCUT2D eigenvalue weighted by atomic mass is 35.5. The lowest BCUT2D eigenvalue weighted by Crippen LogP contribution is -2.18. The smallest absolute Gasteiger partial charge is 0.228 e. The lowest BCUT2D eigenvalue weighted by atomic mass is 9.84. The molecular weight excluding hydrogens is 258 g/mol. The SMILES string of the molecule is O=C1NCC(c2ccc(Cl)cc2)C1c1ccccc1. The second kappa shape index (κ2) is 5.06. The van der Waals surface area contributed by atoms with Gasteiger partial charge in [0.1, 0.15) is 0 Å². The first-order valence-electron chi connectivity index (χ1n) is 6.34. The minimum absolute atomic E-state index is 0.103. The third-order valence-electron chi connectivity index (χ3n) is 3.64. The second-order valence-electron chi connectivity index (χ2n) is 4.79. The highest BCUT2D eigenvalue weighted by Crippen LogP contribution is 2.36. The molecule has 1 aliphatic heterocycles. The number of hydrogen-bond acceptors (Lipinski definition) is 1. The Kier molecular flexibility index (Phi) is 3.26. The maximum Gasteiger partial charge on any atom is 0.228 e. The average molecular weight is 272 g/mol. The maximum absolute atomic E-state index is 12.1. The van der Waals surface area contributed by atoms with Crippen LogP contribution in [0.1, 0.15) is 23.0 Å². The summed E-state index contributed by atoms with van der Waals surface area (Å²) in [4.78, 5) is 12.1. The van der Waals surface area contributed by atoms with Crippen LogP contribution in [-0.4, -0.2) is 12.5 Å². The second-order valence-corrected chi connectivity index (χ2v) is 5.23. The largest absolute Gasteiger partial charge is 0.355 e. The molecule has 2 nitrogen and oxygen atoms in total. The molecule has 0 aromatic heterocycles. The molecule has 1 N–H and O–H groups in total. The Morgan fingerprint density at radius 3 is 2.32 bits per heavy atom. The molecule has 0 bridgehead atoms. The van der Waals surface area contributed by atoms with Crippen molar-refractivity contribution in [2.45, 2.75) is 11.8 Å². The molecule has 1 aliphatic rings. The molecule has 0 aliphatic carbocycles. The summed E-state index contributed by atoms with van der Waals surface area (Å²) in [5.74, 6) is 0.167. The van der Waals surface area contributed by atoms with E-state index in [0.717, 1.165) is 16.1 Å². The molecule has 0 spiro atoms. The number of rotatable bonds is 2. The Morgan fingerprint density at radius 1 is 0.947 bits per heavy atom. The van der Waals surface area contributed by atoms with Crippen LogP contribution >= 0.6 is 11.6 Å². The molecule has 1 heterocycles. The molecule has 2 atom stereocenters. The minimum atomic E-state index is -0.109. The van der Waals surface area contributed by atoms with E-state index in [9.17, 15) is 4.79 Å². The summed E-state index contributed by atoms with van der Waals surface area (Å²) in [5.41, 5.74) is 2.22. The monoisotopic (exact) mass is 271 g/mol. The van der Waals surface area contributed by atoms with Gasteiger partial charge in [-0.05, 0) is 23.3 Å². The molecule has 1 saturated heterocycles. The maximum atomic E-state index is 12.1. The van der Waals surface area contributed by atoms with Crippen molar-refractivity contribution in [3.8, 4) is 0 Å². The minimum Gasteiger partial charge on any atom is -0.355 e. The van der Waals surface area contributed by atoms with Crippen LogP contribution in [0.3, 0.4) is 0 Å². The van der Waals surface area contributed by atoms with Crippen molar-refractivity contribution in [1.29, 1.82) is 0 Å². The fourth-order valence-electron chi connectivity index (χ4n) is 2.69. The van der Waals surface area contributed by atoms with E-state index in [1.807, 2.05) is 54.6 Å². The molecule has 1 amide bonds. The Labute approximate surface area is 117 Å². The third kappa shape index (κ3) is 2.36. The van der Waals surface area contributed by atoms with Gasteiger partial charge in [-0.2, -0.15) is 0 Å². The van der Waals surface area contributed by atoms with Crippen molar-refractivity contribution >= 4 is 17.5 Å². The predicted octanol–water partition coefficient (Wildman–Crippen LogP) is 3.34. The van der Waals surface area contributed by atoms with Gasteiger partial charge in [-0.3, -0.25) is 4.79 Å². The van der Waals surface area contributed by atoms with Crippen LogP contribution in [-0.2, 0) is 4.79 Å². The Balaban J connectivity index is 1.97. The van der Waals surface area contributed by atoms with E-state index in [4.69, 9.17) is 11.6 Å². The highest BCUT2D eigenvalue weighted by Gasteiger charge is 2.36. The summed E-state index contributed by atoms with van der Waals surface area (Å²) in [6.07, 6.45) is 0. The predicted molar refractivity (Wildman–Crippen MR) is 76.4 cm³/mol. The molecule has 19 heavy (non-hydrogen) atoms. The van der Waals surface area contributed by atoms with Crippen LogP contribution in [0, 0.1) is 0 Å². The van der Waals surface area contributed by atoms with Gasteiger partial charge in [0.2, 0.25) is 5.91 Å². The number of amides is 1. The lowest BCUT2D eigenvalue weighted by Gasteiger charge is -2.17. The van der Waals surface area contributed by atoms with Crippen LogP contribution in [0.5, 0.6) is 0 Å². The number of carbonyl (C=O) groups excluding carboxylic acids is 1. The zero-order valence-electron chi connectivity index (χ0n) is 10.3. The van der Waals surface area contributed by atoms with Gasteiger partial charge in [0, 0.05) is 17.5 Å². The molecule has 3 rings (SSSR count). The number of benzene rings is 2. The summed E-state index contributed by atoms with van der Waals surface area (Å²) in [6.45, 7) is 0.681. The van der Waals surface area contributed by atoms with Gasteiger partial charge in [-0.1, -0.05) is 54.1 Å². The molecule has 2 unspecified atom stereocenters. The van der Waals surface area contributed by atoms with E-state index >= 15 is 0 Å². The van der Waals surface area contributed by atoms with Crippen LogP contribution in [0.25, 0.3) is 0 Å². The zero-order valence-corrected chi connectivity index (χ0v) is 11.1. The molecular formula is C16H14ClNO. The number of carbonyl (C=O) groups is 1. The van der Waals surface area contributed by atoms with E-state index in [-0.39, 0.29) is 17.7 Å². The summed E-state index contributed by atoms with van der Waals surface area (Å²) in [6, 6.07) is 17.7. The Bertz CT molecular complexity index is 579. The normalized spacial score (nSPS) is 22.3. The van der Waals surface area contributed by atoms with Gasteiger partial charge in [-0.25, -0.2) is 0 Å². The van der Waals surface area contributed by atoms with E-state index in [1.165, 1.54) is 0 Å². The number of halogens is 1. The molecule has 2 aromatic carbocycles. The van der Waals surface area contributed by atoms with Crippen molar-refractivity contribution in [1.82, 2.24) is 5.32 Å². The van der Waals surface area contributed by atoms with Crippen molar-refractivity contribution in [2.24, 2.45) is 0 Å². The topological polar surface area (TPSA) is 29.1 Å². The first kappa shape index (κ1) is 12.2. The standard InChI is InChI=1S/C16H14ClNO/c17-13-8-6-11(7-9-13)14-10-18-16(19)15(14)12-4-2-1-3-5-12/h1-9,14-15H,10H2,(H,18,19).